The van der Waals surface area contributed by atoms with Crippen LogP contribution in [0.4, 0.5) is 0 Å². The molecule has 1 aromatic heterocycles. The molecule has 0 fully saturated rings. The first-order valence-corrected chi connectivity index (χ1v) is 7.39. The molecule has 0 saturated heterocycles. The summed E-state index contributed by atoms with van der Waals surface area (Å²) in [6.07, 6.45) is -0.328. The summed E-state index contributed by atoms with van der Waals surface area (Å²) in [6.45, 7) is 1.84. The van der Waals surface area contributed by atoms with Crippen LogP contribution in [-0.4, -0.2) is 13.1 Å². The second-order valence-corrected chi connectivity index (χ2v) is 5.80. The number of methoxy groups -OCH3 is 1. The number of esters is 1. The van der Waals surface area contributed by atoms with E-state index in [1.165, 1.54) is 7.11 Å². The third-order valence-corrected chi connectivity index (χ3v) is 3.72. The van der Waals surface area contributed by atoms with Gasteiger partial charge < -0.3 is 13.9 Å². The molecule has 1 aromatic carbocycles. The Morgan fingerprint density at radius 2 is 2.00 bits per heavy atom. The number of benzene rings is 1. The molecule has 0 aliphatic carbocycles. The maximum Gasteiger partial charge on any atom is 0.373 e. The summed E-state index contributed by atoms with van der Waals surface area (Å²) in [6, 6.07) is 8.88. The number of furan rings is 1. The lowest BCUT2D eigenvalue weighted by Gasteiger charge is -2.14. The van der Waals surface area contributed by atoms with E-state index < -0.39 is 5.97 Å². The van der Waals surface area contributed by atoms with Gasteiger partial charge in [0.25, 0.3) is 0 Å². The van der Waals surface area contributed by atoms with Crippen molar-refractivity contribution in [3.8, 4) is 5.75 Å². The number of halogens is 2. The topological polar surface area (TPSA) is 48.7 Å². The van der Waals surface area contributed by atoms with Crippen LogP contribution in [0.2, 0.25) is 0 Å². The molecule has 0 aliphatic heterocycles. The third kappa shape index (κ3) is 3.43. The molecule has 106 valence electrons. The van der Waals surface area contributed by atoms with Crippen molar-refractivity contribution in [1.29, 1.82) is 0 Å². The highest BCUT2D eigenvalue weighted by Gasteiger charge is 2.17. The molecule has 1 heterocycles. The second-order valence-electron chi connectivity index (χ2n) is 4.03. The van der Waals surface area contributed by atoms with E-state index >= 15 is 0 Å². The number of hydrogen-bond acceptors (Lipinski definition) is 4. The molecule has 0 aliphatic rings. The van der Waals surface area contributed by atoms with E-state index in [0.717, 1.165) is 8.95 Å². The molecular weight excluding hydrogens is 392 g/mol. The molecular formula is C14H12Br2O4. The van der Waals surface area contributed by atoms with Crippen molar-refractivity contribution < 1.29 is 18.7 Å². The van der Waals surface area contributed by atoms with Gasteiger partial charge in [0.2, 0.25) is 5.76 Å². The Kier molecular flexibility index (Phi) is 4.88. The van der Waals surface area contributed by atoms with E-state index in [0.29, 0.717) is 11.5 Å². The van der Waals surface area contributed by atoms with Crippen molar-refractivity contribution in [3.05, 3.63) is 50.8 Å². The van der Waals surface area contributed by atoms with Gasteiger partial charge >= 0.3 is 5.97 Å². The van der Waals surface area contributed by atoms with Crippen LogP contribution >= 0.6 is 31.9 Å². The first-order valence-electron chi connectivity index (χ1n) is 5.81. The third-order valence-electron chi connectivity index (χ3n) is 2.61. The predicted molar refractivity (Wildman–Crippen MR) is 80.9 cm³/mol. The highest BCUT2D eigenvalue weighted by atomic mass is 79.9. The van der Waals surface area contributed by atoms with Crippen LogP contribution in [0.5, 0.6) is 5.75 Å². The van der Waals surface area contributed by atoms with Crippen LogP contribution in [0.25, 0.3) is 0 Å². The minimum atomic E-state index is -0.506. The number of carbonyl (C=O) groups excluding carboxylic acids is 1. The van der Waals surface area contributed by atoms with Crippen molar-refractivity contribution in [2.45, 2.75) is 13.0 Å². The molecule has 1 atom stereocenters. The average Bonchev–Trinajstić information content (AvgIpc) is 2.90. The number of hydrogen-bond donors (Lipinski definition) is 0. The zero-order valence-corrected chi connectivity index (χ0v) is 14.0. The lowest BCUT2D eigenvalue weighted by Crippen LogP contribution is -2.03. The maximum absolute atomic E-state index is 11.3. The summed E-state index contributed by atoms with van der Waals surface area (Å²) < 4.78 is 17.6. The second kappa shape index (κ2) is 6.45. The zero-order valence-electron chi connectivity index (χ0n) is 10.9. The van der Waals surface area contributed by atoms with Gasteiger partial charge in [-0.2, -0.15) is 0 Å². The fourth-order valence-corrected chi connectivity index (χ4v) is 2.74. The van der Waals surface area contributed by atoms with Crippen molar-refractivity contribution in [2.24, 2.45) is 0 Å². The highest BCUT2D eigenvalue weighted by Crippen LogP contribution is 2.32. The van der Waals surface area contributed by atoms with E-state index in [1.54, 1.807) is 12.1 Å². The Morgan fingerprint density at radius 1 is 1.25 bits per heavy atom. The number of ether oxygens (including phenoxy) is 2. The van der Waals surface area contributed by atoms with E-state index in [1.807, 2.05) is 25.1 Å². The van der Waals surface area contributed by atoms with E-state index in [-0.39, 0.29) is 11.9 Å². The first-order chi connectivity index (χ1) is 9.51. The van der Waals surface area contributed by atoms with E-state index in [4.69, 9.17) is 9.15 Å². The Labute approximate surface area is 133 Å². The first kappa shape index (κ1) is 15.1. The van der Waals surface area contributed by atoms with E-state index in [9.17, 15) is 4.79 Å². The Hall–Kier alpha value is -1.27. The Morgan fingerprint density at radius 3 is 2.65 bits per heavy atom. The lowest BCUT2D eigenvalue weighted by atomic mass is 10.3. The summed E-state index contributed by atoms with van der Waals surface area (Å²) >= 11 is 6.81. The van der Waals surface area contributed by atoms with Crippen molar-refractivity contribution >= 4 is 37.8 Å². The summed E-state index contributed by atoms with van der Waals surface area (Å²) in [5.41, 5.74) is 0. The molecule has 6 heteroatoms. The Bertz CT molecular complexity index is 621. The van der Waals surface area contributed by atoms with Gasteiger partial charge in [-0.15, -0.1) is 0 Å². The normalized spacial score (nSPS) is 12.0. The van der Waals surface area contributed by atoms with Crippen molar-refractivity contribution in [1.82, 2.24) is 0 Å². The van der Waals surface area contributed by atoms with Crippen LogP contribution in [0.3, 0.4) is 0 Å². The van der Waals surface area contributed by atoms with Gasteiger partial charge in [-0.1, -0.05) is 15.9 Å². The molecule has 20 heavy (non-hydrogen) atoms. The fourth-order valence-electron chi connectivity index (χ4n) is 1.60. The minimum Gasteiger partial charge on any atom is -0.482 e. The largest absolute Gasteiger partial charge is 0.482 e. The van der Waals surface area contributed by atoms with E-state index in [2.05, 4.69) is 36.6 Å². The molecule has 0 saturated carbocycles. The summed E-state index contributed by atoms with van der Waals surface area (Å²) in [5, 5.41) is 0. The predicted octanol–water partition coefficient (Wildman–Crippen LogP) is 4.73. The van der Waals surface area contributed by atoms with Crippen molar-refractivity contribution in [2.75, 3.05) is 7.11 Å². The van der Waals surface area contributed by atoms with Gasteiger partial charge in [-0.05, 0) is 53.2 Å². The molecule has 0 bridgehead atoms. The van der Waals surface area contributed by atoms with Gasteiger partial charge in [-0.25, -0.2) is 4.79 Å². The molecule has 0 N–H and O–H groups in total. The molecule has 0 radical (unpaired) electrons. The monoisotopic (exact) mass is 402 g/mol. The van der Waals surface area contributed by atoms with Gasteiger partial charge in [0.15, 0.2) is 6.10 Å². The lowest BCUT2D eigenvalue weighted by molar-refractivity contribution is 0.0558. The summed E-state index contributed by atoms with van der Waals surface area (Å²) in [4.78, 5) is 11.3. The number of rotatable bonds is 4. The van der Waals surface area contributed by atoms with Crippen LogP contribution in [0.15, 0.2) is 43.7 Å². The van der Waals surface area contributed by atoms with Gasteiger partial charge in [0.05, 0.1) is 11.6 Å². The average molecular weight is 404 g/mol. The molecule has 2 aromatic rings. The standard InChI is InChI=1S/C14H12Br2O4/c1-8(11-5-6-13(20-11)14(17)18-2)19-12-4-3-9(15)7-10(12)16/h3-8H,1-2H3. The van der Waals surface area contributed by atoms with Gasteiger partial charge in [-0.3, -0.25) is 0 Å². The summed E-state index contributed by atoms with van der Waals surface area (Å²) in [7, 11) is 1.31. The molecule has 4 nitrogen and oxygen atoms in total. The summed E-state index contributed by atoms with van der Waals surface area (Å²) in [5.74, 6) is 0.901. The minimum absolute atomic E-state index is 0.160. The van der Waals surface area contributed by atoms with Crippen molar-refractivity contribution in [3.63, 3.8) is 0 Å². The smallest absolute Gasteiger partial charge is 0.373 e. The molecule has 1 unspecified atom stereocenters. The number of carbonyl (C=O) groups is 1. The fraction of sp³-hybridized carbons (Fsp3) is 0.214. The quantitative estimate of drug-likeness (QED) is 0.692. The van der Waals surface area contributed by atoms with Crippen LogP contribution in [-0.2, 0) is 4.74 Å². The molecule has 0 spiro atoms. The van der Waals surface area contributed by atoms with Crippen LogP contribution in [0, 0.1) is 0 Å². The Balaban J connectivity index is 2.13. The molecule has 2 rings (SSSR count). The SMILES string of the molecule is COC(=O)c1ccc(C(C)Oc2ccc(Br)cc2Br)o1. The van der Waals surface area contributed by atoms with Crippen LogP contribution < -0.4 is 4.74 Å². The van der Waals surface area contributed by atoms with Gasteiger partial charge in [0, 0.05) is 4.47 Å². The zero-order chi connectivity index (χ0) is 14.7. The molecule has 0 amide bonds. The maximum atomic E-state index is 11.3. The van der Waals surface area contributed by atoms with Gasteiger partial charge in [0.1, 0.15) is 11.5 Å². The van der Waals surface area contributed by atoms with Crippen LogP contribution in [0.1, 0.15) is 29.3 Å². The highest BCUT2D eigenvalue weighted by molar-refractivity contribution is 9.11.